The van der Waals surface area contributed by atoms with Crippen LogP contribution in [0, 0.1) is 6.92 Å². The van der Waals surface area contributed by atoms with E-state index in [4.69, 9.17) is 11.6 Å². The number of benzene rings is 1. The number of nitrogens with zero attached hydrogens (tertiary/aromatic N) is 3. The molecule has 0 aliphatic carbocycles. The van der Waals surface area contributed by atoms with E-state index < -0.39 is 0 Å². The molecule has 0 radical (unpaired) electrons. The van der Waals surface area contributed by atoms with Crippen LogP contribution in [-0.4, -0.2) is 53.4 Å². The predicted molar refractivity (Wildman–Crippen MR) is 101 cm³/mol. The van der Waals surface area contributed by atoms with Crippen LogP contribution in [0.3, 0.4) is 0 Å². The van der Waals surface area contributed by atoms with Gasteiger partial charge in [-0.05, 0) is 30.2 Å². The summed E-state index contributed by atoms with van der Waals surface area (Å²) in [6.45, 7) is 7.26. The molecule has 1 amide bonds. The molecule has 0 spiro atoms. The average molecular weight is 359 g/mol. The topological polar surface area (TPSA) is 48.5 Å². The van der Waals surface area contributed by atoms with Crippen molar-refractivity contribution in [2.45, 2.75) is 13.5 Å². The number of hydrogen-bond acceptors (Lipinski definition) is 4. The number of nitrogens with one attached hydrogen (secondary N) is 1. The first-order valence-corrected chi connectivity index (χ1v) is 8.88. The van der Waals surface area contributed by atoms with E-state index in [0.717, 1.165) is 32.7 Å². The van der Waals surface area contributed by atoms with Gasteiger partial charge in [0.15, 0.2) is 0 Å². The van der Waals surface area contributed by atoms with Gasteiger partial charge in [0.25, 0.3) is 0 Å². The second kappa shape index (κ2) is 8.43. The van der Waals surface area contributed by atoms with E-state index >= 15 is 0 Å². The summed E-state index contributed by atoms with van der Waals surface area (Å²) in [4.78, 5) is 20.9. The number of carbonyl (C=O) groups is 1. The fourth-order valence-corrected chi connectivity index (χ4v) is 3.08. The molecule has 1 aromatic heterocycles. The molecule has 1 N–H and O–H groups in total. The van der Waals surface area contributed by atoms with Crippen LogP contribution in [0.4, 0.5) is 5.82 Å². The largest absolute Gasteiger partial charge is 0.310 e. The molecule has 3 rings (SSSR count). The van der Waals surface area contributed by atoms with E-state index in [0.29, 0.717) is 17.4 Å². The van der Waals surface area contributed by atoms with Crippen LogP contribution in [0.1, 0.15) is 11.1 Å². The van der Waals surface area contributed by atoms with Crippen molar-refractivity contribution in [1.29, 1.82) is 0 Å². The number of aromatic nitrogens is 1. The zero-order valence-corrected chi connectivity index (χ0v) is 15.2. The van der Waals surface area contributed by atoms with E-state index in [9.17, 15) is 4.79 Å². The number of pyridine rings is 1. The quantitative estimate of drug-likeness (QED) is 0.892. The summed E-state index contributed by atoms with van der Waals surface area (Å²) < 4.78 is 0. The molecule has 132 valence electrons. The standard InChI is InChI=1S/C19H23ClN4O/c1-15-4-2-3-5-16(15)13-23-8-10-24(11-9-23)14-19(25)22-18-7-6-17(20)12-21-18/h2-7,12H,8-11,13-14H2,1H3,(H,21,22,25). The van der Waals surface area contributed by atoms with Gasteiger partial charge in [-0.2, -0.15) is 0 Å². The molecular weight excluding hydrogens is 336 g/mol. The lowest BCUT2D eigenvalue weighted by atomic mass is 10.1. The smallest absolute Gasteiger partial charge is 0.239 e. The SMILES string of the molecule is Cc1ccccc1CN1CCN(CC(=O)Nc2ccc(Cl)cn2)CC1. The Morgan fingerprint density at radius 2 is 1.84 bits per heavy atom. The van der Waals surface area contributed by atoms with Gasteiger partial charge in [0.2, 0.25) is 5.91 Å². The Hall–Kier alpha value is -1.95. The van der Waals surface area contributed by atoms with Gasteiger partial charge in [0, 0.05) is 38.9 Å². The third-order valence-corrected chi connectivity index (χ3v) is 4.71. The number of anilines is 1. The molecule has 1 aliphatic rings. The maximum absolute atomic E-state index is 12.1. The number of piperazine rings is 1. The highest BCUT2D eigenvalue weighted by Gasteiger charge is 2.19. The van der Waals surface area contributed by atoms with Gasteiger partial charge in [-0.3, -0.25) is 14.6 Å². The van der Waals surface area contributed by atoms with Crippen LogP contribution in [0.25, 0.3) is 0 Å². The maximum atomic E-state index is 12.1. The summed E-state index contributed by atoms with van der Waals surface area (Å²) in [5, 5.41) is 3.37. The van der Waals surface area contributed by atoms with Crippen molar-refractivity contribution in [2.24, 2.45) is 0 Å². The van der Waals surface area contributed by atoms with Gasteiger partial charge in [-0.1, -0.05) is 35.9 Å². The fraction of sp³-hybridized carbons (Fsp3) is 0.368. The minimum atomic E-state index is -0.0397. The first-order chi connectivity index (χ1) is 12.1. The Kier molecular flexibility index (Phi) is 6.02. The van der Waals surface area contributed by atoms with Gasteiger partial charge in [-0.15, -0.1) is 0 Å². The number of carbonyl (C=O) groups excluding carboxylic acids is 1. The number of hydrogen-bond donors (Lipinski definition) is 1. The van der Waals surface area contributed by atoms with E-state index in [1.807, 2.05) is 0 Å². The van der Waals surface area contributed by atoms with Crippen LogP contribution in [0.5, 0.6) is 0 Å². The molecule has 0 atom stereocenters. The monoisotopic (exact) mass is 358 g/mol. The Bertz CT molecular complexity index is 712. The van der Waals surface area contributed by atoms with Crippen LogP contribution >= 0.6 is 11.6 Å². The normalized spacial score (nSPS) is 15.9. The van der Waals surface area contributed by atoms with Gasteiger partial charge < -0.3 is 5.32 Å². The lowest BCUT2D eigenvalue weighted by molar-refractivity contribution is -0.117. The molecule has 6 heteroatoms. The molecule has 0 saturated carbocycles. The minimum Gasteiger partial charge on any atom is -0.310 e. The van der Waals surface area contributed by atoms with Crippen LogP contribution in [-0.2, 0) is 11.3 Å². The van der Waals surface area contributed by atoms with Crippen LogP contribution in [0.2, 0.25) is 5.02 Å². The lowest BCUT2D eigenvalue weighted by Gasteiger charge is -2.34. The van der Waals surface area contributed by atoms with Crippen molar-refractivity contribution in [3.63, 3.8) is 0 Å². The van der Waals surface area contributed by atoms with Gasteiger partial charge in [-0.25, -0.2) is 4.98 Å². The highest BCUT2D eigenvalue weighted by atomic mass is 35.5. The van der Waals surface area contributed by atoms with Crippen molar-refractivity contribution in [1.82, 2.24) is 14.8 Å². The summed E-state index contributed by atoms with van der Waals surface area (Å²) in [7, 11) is 0. The zero-order valence-electron chi connectivity index (χ0n) is 14.4. The molecule has 1 fully saturated rings. The van der Waals surface area contributed by atoms with Gasteiger partial charge >= 0.3 is 0 Å². The summed E-state index contributed by atoms with van der Waals surface area (Å²) in [5.41, 5.74) is 2.71. The minimum absolute atomic E-state index is 0.0397. The number of amides is 1. The van der Waals surface area contributed by atoms with Crippen molar-refractivity contribution in [3.05, 3.63) is 58.7 Å². The molecule has 5 nitrogen and oxygen atoms in total. The second-order valence-corrected chi connectivity index (χ2v) is 6.83. The molecule has 25 heavy (non-hydrogen) atoms. The van der Waals surface area contributed by atoms with Gasteiger partial charge in [0.1, 0.15) is 5.82 Å². The van der Waals surface area contributed by atoms with Gasteiger partial charge in [0.05, 0.1) is 11.6 Å². The van der Waals surface area contributed by atoms with Crippen LogP contribution in [0.15, 0.2) is 42.6 Å². The molecule has 1 aromatic carbocycles. The van der Waals surface area contributed by atoms with Crippen molar-refractivity contribution >= 4 is 23.3 Å². The van der Waals surface area contributed by atoms with E-state index in [1.165, 1.54) is 17.3 Å². The first-order valence-electron chi connectivity index (χ1n) is 8.51. The van der Waals surface area contributed by atoms with Crippen molar-refractivity contribution < 1.29 is 4.79 Å². The average Bonchev–Trinajstić information content (AvgIpc) is 2.61. The summed E-state index contributed by atoms with van der Waals surface area (Å²) in [6.07, 6.45) is 1.53. The third-order valence-electron chi connectivity index (χ3n) is 4.48. The third kappa shape index (κ3) is 5.26. The molecule has 0 unspecified atom stereocenters. The van der Waals surface area contributed by atoms with Crippen molar-refractivity contribution in [3.8, 4) is 0 Å². The number of rotatable bonds is 5. The van der Waals surface area contributed by atoms with Crippen molar-refractivity contribution in [2.75, 3.05) is 38.0 Å². The molecule has 0 bridgehead atoms. The van der Waals surface area contributed by atoms with Crippen LogP contribution < -0.4 is 5.32 Å². The zero-order chi connectivity index (χ0) is 17.6. The maximum Gasteiger partial charge on any atom is 0.239 e. The summed E-state index contributed by atoms with van der Waals surface area (Å²) in [6, 6.07) is 11.9. The molecular formula is C19H23ClN4O. The second-order valence-electron chi connectivity index (χ2n) is 6.39. The highest BCUT2D eigenvalue weighted by molar-refractivity contribution is 6.30. The Morgan fingerprint density at radius 1 is 1.12 bits per heavy atom. The predicted octanol–water partition coefficient (Wildman–Crippen LogP) is 2.80. The number of halogens is 1. The Labute approximate surface area is 153 Å². The summed E-state index contributed by atoms with van der Waals surface area (Å²) in [5.74, 6) is 0.495. The van der Waals surface area contributed by atoms with E-state index in [2.05, 4.69) is 51.3 Å². The highest BCUT2D eigenvalue weighted by Crippen LogP contribution is 2.13. The number of aryl methyl sites for hydroxylation is 1. The van der Waals surface area contributed by atoms with E-state index in [-0.39, 0.29) is 5.91 Å². The fourth-order valence-electron chi connectivity index (χ4n) is 2.97. The lowest BCUT2D eigenvalue weighted by Crippen LogP contribution is -2.48. The molecule has 1 saturated heterocycles. The first kappa shape index (κ1) is 17.9. The Balaban J connectivity index is 1.43. The summed E-state index contributed by atoms with van der Waals surface area (Å²) >= 11 is 5.80. The molecule has 2 aromatic rings. The molecule has 2 heterocycles. The van der Waals surface area contributed by atoms with E-state index in [1.54, 1.807) is 12.1 Å². The molecule has 1 aliphatic heterocycles. The Morgan fingerprint density at radius 3 is 2.52 bits per heavy atom.